The van der Waals surface area contributed by atoms with Crippen LogP contribution in [0.15, 0.2) is 54.6 Å². The van der Waals surface area contributed by atoms with Gasteiger partial charge in [0.05, 0.1) is 7.11 Å². The number of rotatable bonds is 7. The van der Waals surface area contributed by atoms with E-state index in [4.69, 9.17) is 9.47 Å². The summed E-state index contributed by atoms with van der Waals surface area (Å²) in [4.78, 5) is 28.4. The lowest BCUT2D eigenvalue weighted by molar-refractivity contribution is -0.140. The van der Waals surface area contributed by atoms with Crippen molar-refractivity contribution in [2.45, 2.75) is 12.8 Å². The lowest BCUT2D eigenvalue weighted by atomic mass is 10.1. The van der Waals surface area contributed by atoms with Gasteiger partial charge in [-0.1, -0.05) is 30.3 Å². The maximum absolute atomic E-state index is 12.4. The molecule has 0 spiro atoms. The minimum Gasteiger partial charge on any atom is -0.497 e. The molecule has 3 rings (SSSR count). The SMILES string of the molecule is COc1ccc(OCC(=O)N2CCN(C(=O)CCc3ccccc3)CC2)cc1. The van der Waals surface area contributed by atoms with Crippen LogP contribution in [-0.2, 0) is 16.0 Å². The zero-order valence-electron chi connectivity index (χ0n) is 16.2. The highest BCUT2D eigenvalue weighted by Crippen LogP contribution is 2.17. The largest absolute Gasteiger partial charge is 0.497 e. The van der Waals surface area contributed by atoms with Gasteiger partial charge in [-0.15, -0.1) is 0 Å². The summed E-state index contributed by atoms with van der Waals surface area (Å²) in [6, 6.07) is 17.1. The molecule has 1 aliphatic rings. The zero-order chi connectivity index (χ0) is 19.8. The highest BCUT2D eigenvalue weighted by atomic mass is 16.5. The number of nitrogens with zero attached hydrogens (tertiary/aromatic N) is 2. The second-order valence-electron chi connectivity index (χ2n) is 6.71. The van der Waals surface area contributed by atoms with Crippen LogP contribution in [0.5, 0.6) is 11.5 Å². The first-order chi connectivity index (χ1) is 13.7. The van der Waals surface area contributed by atoms with Crippen molar-refractivity contribution in [3.63, 3.8) is 0 Å². The van der Waals surface area contributed by atoms with E-state index < -0.39 is 0 Å². The molecule has 2 aromatic carbocycles. The molecule has 0 bridgehead atoms. The van der Waals surface area contributed by atoms with Gasteiger partial charge in [-0.2, -0.15) is 0 Å². The molecule has 1 aliphatic heterocycles. The average molecular weight is 382 g/mol. The summed E-state index contributed by atoms with van der Waals surface area (Å²) >= 11 is 0. The molecule has 1 fully saturated rings. The van der Waals surface area contributed by atoms with Crippen LogP contribution >= 0.6 is 0 Å². The van der Waals surface area contributed by atoms with Gasteiger partial charge in [0, 0.05) is 32.6 Å². The second kappa shape index (κ2) is 9.78. The molecule has 6 heteroatoms. The fraction of sp³-hybridized carbons (Fsp3) is 0.364. The summed E-state index contributed by atoms with van der Waals surface area (Å²) < 4.78 is 10.7. The van der Waals surface area contributed by atoms with Crippen LogP contribution in [0.3, 0.4) is 0 Å². The topological polar surface area (TPSA) is 59.1 Å². The number of hydrogen-bond donors (Lipinski definition) is 0. The van der Waals surface area contributed by atoms with E-state index in [1.165, 1.54) is 5.56 Å². The van der Waals surface area contributed by atoms with E-state index in [1.54, 1.807) is 36.3 Å². The number of methoxy groups -OCH3 is 1. The number of aryl methyl sites for hydroxylation is 1. The molecule has 2 amide bonds. The molecule has 148 valence electrons. The van der Waals surface area contributed by atoms with Crippen LogP contribution in [0.25, 0.3) is 0 Å². The lowest BCUT2D eigenvalue weighted by Gasteiger charge is -2.34. The van der Waals surface area contributed by atoms with Crippen LogP contribution in [0.1, 0.15) is 12.0 Å². The maximum Gasteiger partial charge on any atom is 0.260 e. The van der Waals surface area contributed by atoms with Crippen molar-refractivity contribution in [1.29, 1.82) is 0 Å². The van der Waals surface area contributed by atoms with E-state index in [2.05, 4.69) is 0 Å². The van der Waals surface area contributed by atoms with E-state index in [-0.39, 0.29) is 18.4 Å². The van der Waals surface area contributed by atoms with Crippen molar-refractivity contribution in [3.05, 3.63) is 60.2 Å². The predicted molar refractivity (Wildman–Crippen MR) is 106 cm³/mol. The van der Waals surface area contributed by atoms with Crippen LogP contribution in [0.2, 0.25) is 0 Å². The molecule has 0 aliphatic carbocycles. The van der Waals surface area contributed by atoms with Gasteiger partial charge in [-0.3, -0.25) is 9.59 Å². The van der Waals surface area contributed by atoms with Gasteiger partial charge in [0.25, 0.3) is 5.91 Å². The van der Waals surface area contributed by atoms with E-state index in [9.17, 15) is 9.59 Å². The fourth-order valence-corrected chi connectivity index (χ4v) is 3.17. The van der Waals surface area contributed by atoms with Crippen molar-refractivity contribution in [2.75, 3.05) is 39.9 Å². The molecule has 0 unspecified atom stereocenters. The highest BCUT2D eigenvalue weighted by Gasteiger charge is 2.24. The first kappa shape index (κ1) is 19.7. The molecule has 6 nitrogen and oxygen atoms in total. The highest BCUT2D eigenvalue weighted by molar-refractivity contribution is 5.79. The first-order valence-electron chi connectivity index (χ1n) is 9.52. The maximum atomic E-state index is 12.4. The lowest BCUT2D eigenvalue weighted by Crippen LogP contribution is -2.51. The van der Waals surface area contributed by atoms with Gasteiger partial charge in [-0.05, 0) is 36.2 Å². The van der Waals surface area contributed by atoms with Gasteiger partial charge < -0.3 is 19.3 Å². The van der Waals surface area contributed by atoms with E-state index in [0.717, 1.165) is 12.2 Å². The number of hydrogen-bond acceptors (Lipinski definition) is 4. The molecule has 0 N–H and O–H groups in total. The third-order valence-electron chi connectivity index (χ3n) is 4.88. The van der Waals surface area contributed by atoms with Gasteiger partial charge in [0.2, 0.25) is 5.91 Å². The summed E-state index contributed by atoms with van der Waals surface area (Å²) in [6.07, 6.45) is 1.24. The van der Waals surface area contributed by atoms with Gasteiger partial charge in [0.1, 0.15) is 11.5 Å². The van der Waals surface area contributed by atoms with Crippen LogP contribution in [0, 0.1) is 0 Å². The van der Waals surface area contributed by atoms with Crippen molar-refractivity contribution in [1.82, 2.24) is 9.80 Å². The third kappa shape index (κ3) is 5.49. The Kier molecular flexibility index (Phi) is 6.89. The number of ether oxygens (including phenoxy) is 2. The standard InChI is InChI=1S/C22H26N2O4/c1-27-19-8-10-20(11-9-19)28-17-22(26)24-15-13-23(14-16-24)21(25)12-7-18-5-3-2-4-6-18/h2-6,8-11H,7,12-17H2,1H3. The Hall–Kier alpha value is -3.02. The molecule has 1 saturated heterocycles. The summed E-state index contributed by atoms with van der Waals surface area (Å²) in [6.45, 7) is 2.22. The second-order valence-corrected chi connectivity index (χ2v) is 6.71. The number of piperazine rings is 1. The van der Waals surface area contributed by atoms with E-state index in [1.807, 2.05) is 35.2 Å². The van der Waals surface area contributed by atoms with Crippen molar-refractivity contribution >= 4 is 11.8 Å². The smallest absolute Gasteiger partial charge is 0.260 e. The monoisotopic (exact) mass is 382 g/mol. The molecule has 0 atom stereocenters. The Bertz CT molecular complexity index is 769. The first-order valence-corrected chi connectivity index (χ1v) is 9.52. The molecular formula is C22H26N2O4. The van der Waals surface area contributed by atoms with Gasteiger partial charge in [-0.25, -0.2) is 0 Å². The Labute approximate surface area is 165 Å². The van der Waals surface area contributed by atoms with Crippen LogP contribution < -0.4 is 9.47 Å². The molecular weight excluding hydrogens is 356 g/mol. The molecule has 28 heavy (non-hydrogen) atoms. The van der Waals surface area contributed by atoms with Crippen LogP contribution in [-0.4, -0.2) is 61.5 Å². The number of amides is 2. The summed E-state index contributed by atoms with van der Waals surface area (Å²) in [7, 11) is 1.60. The Morgan fingerprint density at radius 3 is 2.00 bits per heavy atom. The molecule has 0 saturated carbocycles. The minimum absolute atomic E-state index is 0.00567. The minimum atomic E-state index is -0.0628. The van der Waals surface area contributed by atoms with Crippen LogP contribution in [0.4, 0.5) is 0 Å². The number of carbonyl (C=O) groups excluding carboxylic acids is 2. The van der Waals surface area contributed by atoms with E-state index >= 15 is 0 Å². The summed E-state index contributed by atoms with van der Waals surface area (Å²) in [5, 5.41) is 0. The molecule has 0 radical (unpaired) electrons. The Balaban J connectivity index is 1.38. The molecule has 2 aromatic rings. The molecule has 0 aromatic heterocycles. The average Bonchev–Trinajstić information content (AvgIpc) is 2.77. The fourth-order valence-electron chi connectivity index (χ4n) is 3.17. The van der Waals surface area contributed by atoms with Gasteiger partial charge in [0.15, 0.2) is 6.61 Å². The van der Waals surface area contributed by atoms with Crippen molar-refractivity contribution in [3.8, 4) is 11.5 Å². The van der Waals surface area contributed by atoms with Gasteiger partial charge >= 0.3 is 0 Å². The third-order valence-corrected chi connectivity index (χ3v) is 4.88. The van der Waals surface area contributed by atoms with Crippen molar-refractivity contribution in [2.24, 2.45) is 0 Å². The quantitative estimate of drug-likeness (QED) is 0.738. The Morgan fingerprint density at radius 1 is 0.821 bits per heavy atom. The van der Waals surface area contributed by atoms with Crippen molar-refractivity contribution < 1.29 is 19.1 Å². The zero-order valence-corrected chi connectivity index (χ0v) is 16.2. The number of carbonyl (C=O) groups is 2. The van der Waals surface area contributed by atoms with E-state index in [0.29, 0.717) is 38.3 Å². The summed E-state index contributed by atoms with van der Waals surface area (Å²) in [5.41, 5.74) is 1.17. The Morgan fingerprint density at radius 2 is 1.39 bits per heavy atom. The number of benzene rings is 2. The predicted octanol–water partition coefficient (Wildman–Crippen LogP) is 2.38. The molecule has 1 heterocycles. The summed E-state index contributed by atoms with van der Waals surface area (Å²) in [5.74, 6) is 1.45. The normalized spacial score (nSPS) is 13.9.